The Bertz CT molecular complexity index is 1500. The van der Waals surface area contributed by atoms with Gasteiger partial charge in [-0.05, 0) is 60.0 Å². The Labute approximate surface area is 235 Å². The van der Waals surface area contributed by atoms with E-state index in [0.717, 1.165) is 6.20 Å². The summed E-state index contributed by atoms with van der Waals surface area (Å²) < 4.78 is 14.2. The van der Waals surface area contributed by atoms with Crippen LogP contribution in [0.15, 0.2) is 72.6 Å². The minimum absolute atomic E-state index is 0.00926. The molecule has 4 rings (SSSR count). The van der Waals surface area contributed by atoms with Crippen molar-refractivity contribution >= 4 is 40.8 Å². The molecule has 0 saturated heterocycles. The minimum atomic E-state index is -1.14. The standard InChI is InChI=1S/C27H21ClFN5O4.C2H6/c28-20-5-2-6-22(23(20)29)32-14-21(31)26(36)34-12-11-18-16(13-30)3-1-4-19(18)24(34)25(35)33-17-9-7-15(8-10-17)27(37)38;1-2/h1-10,14,24,32H,11-12,31H2,(H,33,35)(H,37,38);1-2H3/b21-14-;. The summed E-state index contributed by atoms with van der Waals surface area (Å²) in [4.78, 5) is 39.3. The number of carbonyl (C=O) groups excluding carboxylic acids is 2. The van der Waals surface area contributed by atoms with E-state index in [2.05, 4.69) is 16.7 Å². The Morgan fingerprint density at radius 3 is 2.45 bits per heavy atom. The van der Waals surface area contributed by atoms with Gasteiger partial charge in [0.25, 0.3) is 11.8 Å². The molecule has 40 heavy (non-hydrogen) atoms. The summed E-state index contributed by atoms with van der Waals surface area (Å²) in [5.74, 6) is -3.10. The Morgan fingerprint density at radius 1 is 1.12 bits per heavy atom. The number of carboxylic acids is 1. The van der Waals surface area contributed by atoms with Gasteiger partial charge >= 0.3 is 5.97 Å². The van der Waals surface area contributed by atoms with E-state index in [0.29, 0.717) is 28.8 Å². The second-order valence-corrected chi connectivity index (χ2v) is 8.76. The molecule has 0 fully saturated rings. The average Bonchev–Trinajstić information content (AvgIpc) is 2.97. The highest BCUT2D eigenvalue weighted by Gasteiger charge is 2.37. The third-order valence-corrected chi connectivity index (χ3v) is 6.32. The number of nitrogens with one attached hydrogen (secondary N) is 2. The molecule has 2 amide bonds. The number of carboxylic acid groups (broad SMARTS) is 1. The fraction of sp³-hybridized carbons (Fsp3) is 0.172. The number of hydrogen-bond donors (Lipinski definition) is 4. The number of nitrogens with two attached hydrogens (primary N) is 1. The maximum Gasteiger partial charge on any atom is 0.335 e. The third kappa shape index (κ3) is 6.39. The van der Waals surface area contributed by atoms with Crippen LogP contribution in [0.25, 0.3) is 0 Å². The summed E-state index contributed by atoms with van der Waals surface area (Å²) in [5.41, 5.74) is 7.61. The number of fused-ring (bicyclic) bond motifs is 1. The van der Waals surface area contributed by atoms with Crippen molar-refractivity contribution in [3.63, 3.8) is 0 Å². The Morgan fingerprint density at radius 2 is 1.80 bits per heavy atom. The van der Waals surface area contributed by atoms with Gasteiger partial charge in [0.15, 0.2) is 5.82 Å². The molecular weight excluding hydrogens is 537 g/mol. The predicted octanol–water partition coefficient (Wildman–Crippen LogP) is 5.05. The quantitative estimate of drug-likeness (QED) is 0.306. The molecule has 1 aliphatic rings. The lowest BCUT2D eigenvalue weighted by molar-refractivity contribution is -0.136. The Hall–Kier alpha value is -4.88. The number of anilines is 2. The lowest BCUT2D eigenvalue weighted by Crippen LogP contribution is -2.47. The van der Waals surface area contributed by atoms with E-state index in [-0.39, 0.29) is 28.5 Å². The van der Waals surface area contributed by atoms with Gasteiger partial charge in [0, 0.05) is 18.4 Å². The van der Waals surface area contributed by atoms with Crippen molar-refractivity contribution in [1.82, 2.24) is 4.90 Å². The van der Waals surface area contributed by atoms with Crippen LogP contribution in [0.5, 0.6) is 0 Å². The van der Waals surface area contributed by atoms with Crippen molar-refractivity contribution in [1.29, 1.82) is 5.26 Å². The average molecular weight is 564 g/mol. The van der Waals surface area contributed by atoms with Crippen LogP contribution in [0.4, 0.5) is 15.8 Å². The van der Waals surface area contributed by atoms with Gasteiger partial charge in [0.05, 0.1) is 27.9 Å². The van der Waals surface area contributed by atoms with E-state index in [1.807, 2.05) is 13.8 Å². The third-order valence-electron chi connectivity index (χ3n) is 6.03. The van der Waals surface area contributed by atoms with Crippen LogP contribution < -0.4 is 16.4 Å². The zero-order valence-corrected chi connectivity index (χ0v) is 22.5. The number of amides is 2. The molecule has 3 aromatic carbocycles. The number of rotatable bonds is 6. The first-order valence-corrected chi connectivity index (χ1v) is 12.7. The van der Waals surface area contributed by atoms with Crippen molar-refractivity contribution < 1.29 is 23.9 Å². The zero-order chi connectivity index (χ0) is 29.4. The largest absolute Gasteiger partial charge is 0.478 e. The van der Waals surface area contributed by atoms with Gasteiger partial charge in [-0.25, -0.2) is 9.18 Å². The normalized spacial score (nSPS) is 14.1. The lowest BCUT2D eigenvalue weighted by Gasteiger charge is -2.36. The molecule has 0 radical (unpaired) electrons. The van der Waals surface area contributed by atoms with E-state index < -0.39 is 29.6 Å². The maximum atomic E-state index is 14.2. The van der Waals surface area contributed by atoms with Gasteiger partial charge in [-0.3, -0.25) is 9.59 Å². The molecule has 5 N–H and O–H groups in total. The summed E-state index contributed by atoms with van der Waals surface area (Å²) >= 11 is 5.79. The second kappa shape index (κ2) is 13.3. The molecule has 11 heteroatoms. The molecule has 9 nitrogen and oxygen atoms in total. The molecule has 1 unspecified atom stereocenters. The zero-order valence-electron chi connectivity index (χ0n) is 21.7. The summed E-state index contributed by atoms with van der Waals surface area (Å²) in [6, 6.07) is 15.7. The van der Waals surface area contributed by atoms with Crippen LogP contribution in [0.1, 0.15) is 46.9 Å². The van der Waals surface area contributed by atoms with Crippen LogP contribution in [0, 0.1) is 17.1 Å². The number of halogens is 2. The number of nitrogens with zero attached hydrogens (tertiary/aromatic N) is 2. The minimum Gasteiger partial charge on any atom is -0.478 e. The molecular formula is C29H27ClFN5O4. The number of hydrogen-bond acceptors (Lipinski definition) is 6. The van der Waals surface area contributed by atoms with Crippen LogP contribution >= 0.6 is 11.6 Å². The summed E-state index contributed by atoms with van der Waals surface area (Å²) in [5, 5.41) is 23.9. The lowest BCUT2D eigenvalue weighted by atomic mass is 9.88. The fourth-order valence-corrected chi connectivity index (χ4v) is 4.36. The van der Waals surface area contributed by atoms with Gasteiger partial charge < -0.3 is 26.4 Å². The highest BCUT2D eigenvalue weighted by atomic mass is 35.5. The number of benzene rings is 3. The molecule has 1 aliphatic heterocycles. The van der Waals surface area contributed by atoms with E-state index in [1.165, 1.54) is 47.4 Å². The second-order valence-electron chi connectivity index (χ2n) is 8.35. The molecule has 1 atom stereocenters. The van der Waals surface area contributed by atoms with Gasteiger partial charge in [0.1, 0.15) is 11.7 Å². The highest BCUT2D eigenvalue weighted by Crippen LogP contribution is 2.33. The van der Waals surface area contributed by atoms with Crippen molar-refractivity contribution in [2.24, 2.45) is 5.73 Å². The van der Waals surface area contributed by atoms with Crippen molar-refractivity contribution in [3.8, 4) is 6.07 Å². The summed E-state index contributed by atoms with van der Waals surface area (Å²) in [7, 11) is 0. The van der Waals surface area contributed by atoms with E-state index in [9.17, 15) is 24.0 Å². The van der Waals surface area contributed by atoms with Crippen molar-refractivity contribution in [3.05, 3.63) is 106 Å². The van der Waals surface area contributed by atoms with Gasteiger partial charge in [-0.15, -0.1) is 0 Å². The predicted molar refractivity (Wildman–Crippen MR) is 150 cm³/mol. The van der Waals surface area contributed by atoms with Crippen LogP contribution in [0.2, 0.25) is 5.02 Å². The van der Waals surface area contributed by atoms with E-state index in [4.69, 9.17) is 22.4 Å². The monoisotopic (exact) mass is 563 g/mol. The molecule has 0 aromatic heterocycles. The number of aromatic carboxylic acids is 1. The first-order valence-electron chi connectivity index (χ1n) is 12.3. The maximum absolute atomic E-state index is 14.2. The Balaban J connectivity index is 0.00000216. The molecule has 0 bridgehead atoms. The molecule has 0 spiro atoms. The fourth-order valence-electron chi connectivity index (χ4n) is 4.18. The molecule has 206 valence electrons. The molecule has 0 aliphatic carbocycles. The highest BCUT2D eigenvalue weighted by molar-refractivity contribution is 6.31. The summed E-state index contributed by atoms with van der Waals surface area (Å²) in [6.45, 7) is 4.08. The number of nitriles is 1. The molecule has 3 aromatic rings. The van der Waals surface area contributed by atoms with Gasteiger partial charge in [-0.2, -0.15) is 5.26 Å². The van der Waals surface area contributed by atoms with Crippen LogP contribution in [-0.2, 0) is 16.0 Å². The van der Waals surface area contributed by atoms with E-state index >= 15 is 0 Å². The van der Waals surface area contributed by atoms with Crippen molar-refractivity contribution in [2.45, 2.75) is 26.3 Å². The first-order chi connectivity index (χ1) is 19.2. The van der Waals surface area contributed by atoms with Gasteiger partial charge in [-0.1, -0.05) is 43.6 Å². The summed E-state index contributed by atoms with van der Waals surface area (Å²) in [6.07, 6.45) is 1.43. The topological polar surface area (TPSA) is 149 Å². The van der Waals surface area contributed by atoms with E-state index in [1.54, 1.807) is 18.2 Å². The Kier molecular flexibility index (Phi) is 9.84. The SMILES string of the molecule is CC.N#Cc1cccc2c1CCN(C(=O)/C(N)=C/Nc1cccc(Cl)c1F)C2C(=O)Nc1ccc(C(=O)O)cc1. The smallest absolute Gasteiger partial charge is 0.335 e. The molecule has 0 saturated carbocycles. The number of carbonyl (C=O) groups is 3. The molecule has 1 heterocycles. The van der Waals surface area contributed by atoms with Crippen molar-refractivity contribution in [2.75, 3.05) is 17.2 Å². The van der Waals surface area contributed by atoms with Gasteiger partial charge in [0.2, 0.25) is 0 Å². The van der Waals surface area contributed by atoms with Crippen LogP contribution in [-0.4, -0.2) is 34.3 Å². The van der Waals surface area contributed by atoms with Crippen LogP contribution in [0.3, 0.4) is 0 Å². The first kappa shape index (κ1) is 29.7.